The molecule has 0 saturated carbocycles. The lowest BCUT2D eigenvalue weighted by molar-refractivity contribution is 0.102. The van der Waals surface area contributed by atoms with Gasteiger partial charge >= 0.3 is 6.03 Å². The number of carbonyl (C=O) groups excluding carboxylic acids is 2. The van der Waals surface area contributed by atoms with Gasteiger partial charge in [-0.15, -0.1) is 0 Å². The average molecular weight is 339 g/mol. The minimum atomic E-state index is -0.345. The molecule has 0 fully saturated rings. The first-order chi connectivity index (χ1) is 12.1. The lowest BCUT2D eigenvalue weighted by Crippen LogP contribution is -2.27. The van der Waals surface area contributed by atoms with Gasteiger partial charge in [0.15, 0.2) is 0 Å². The maximum Gasteiger partial charge on any atom is 0.319 e. The number of amides is 3. The molecule has 2 heterocycles. The maximum absolute atomic E-state index is 12.1. The van der Waals surface area contributed by atoms with Crippen LogP contribution >= 0.6 is 0 Å². The van der Waals surface area contributed by atoms with Crippen LogP contribution in [-0.4, -0.2) is 11.9 Å². The Morgan fingerprint density at radius 3 is 2.24 bits per heavy atom. The molecule has 0 unspecified atom stereocenters. The van der Waals surface area contributed by atoms with Gasteiger partial charge in [-0.05, 0) is 49.4 Å². The van der Waals surface area contributed by atoms with Gasteiger partial charge in [0.05, 0.1) is 24.6 Å². The number of nitrogens with one attached hydrogen (secondary N) is 3. The van der Waals surface area contributed by atoms with Crippen LogP contribution in [0.3, 0.4) is 0 Å². The highest BCUT2D eigenvalue weighted by atomic mass is 16.3. The third-order valence-corrected chi connectivity index (χ3v) is 3.51. The van der Waals surface area contributed by atoms with E-state index in [4.69, 9.17) is 8.83 Å². The molecule has 3 amide bonds. The van der Waals surface area contributed by atoms with E-state index in [1.165, 1.54) is 6.26 Å². The van der Waals surface area contributed by atoms with E-state index in [1.54, 1.807) is 55.7 Å². The molecule has 0 aliphatic rings. The Morgan fingerprint density at radius 2 is 1.64 bits per heavy atom. The van der Waals surface area contributed by atoms with Crippen LogP contribution in [-0.2, 0) is 6.54 Å². The van der Waals surface area contributed by atoms with Crippen LogP contribution in [0.15, 0.2) is 63.8 Å². The second-order valence-electron chi connectivity index (χ2n) is 5.31. The Bertz CT molecular complexity index is 851. The number of hydrogen-bond donors (Lipinski definition) is 3. The van der Waals surface area contributed by atoms with Crippen molar-refractivity contribution in [1.82, 2.24) is 5.32 Å². The van der Waals surface area contributed by atoms with Crippen LogP contribution in [0.2, 0.25) is 0 Å². The fourth-order valence-corrected chi connectivity index (χ4v) is 2.21. The quantitative estimate of drug-likeness (QED) is 0.659. The lowest BCUT2D eigenvalue weighted by Gasteiger charge is -2.08. The van der Waals surface area contributed by atoms with Crippen molar-refractivity contribution in [3.05, 3.63) is 72.1 Å². The Hall–Kier alpha value is -3.48. The molecule has 0 spiro atoms. The van der Waals surface area contributed by atoms with Crippen molar-refractivity contribution in [3.8, 4) is 0 Å². The van der Waals surface area contributed by atoms with Crippen LogP contribution in [0.5, 0.6) is 0 Å². The summed E-state index contributed by atoms with van der Waals surface area (Å²) in [5.41, 5.74) is 1.71. The molecule has 3 rings (SSSR count). The zero-order valence-corrected chi connectivity index (χ0v) is 13.5. The first-order valence-corrected chi connectivity index (χ1v) is 7.64. The molecular formula is C18H17N3O4. The molecule has 0 atom stereocenters. The minimum Gasteiger partial charge on any atom is -0.469 e. The summed E-state index contributed by atoms with van der Waals surface area (Å²) in [6, 6.07) is 11.6. The number of aryl methyl sites for hydroxylation is 1. The van der Waals surface area contributed by atoms with E-state index in [-0.39, 0.29) is 11.9 Å². The Kier molecular flexibility index (Phi) is 4.84. The summed E-state index contributed by atoms with van der Waals surface area (Å²) in [7, 11) is 0. The summed E-state index contributed by atoms with van der Waals surface area (Å²) in [6.45, 7) is 2.03. The van der Waals surface area contributed by atoms with Gasteiger partial charge in [-0.3, -0.25) is 4.79 Å². The summed E-state index contributed by atoms with van der Waals surface area (Å²) in [4.78, 5) is 23.9. The molecule has 0 saturated heterocycles. The van der Waals surface area contributed by atoms with Gasteiger partial charge in [-0.25, -0.2) is 4.79 Å². The molecule has 2 aromatic heterocycles. The SMILES string of the molecule is Cc1occc1C(=O)Nc1ccc(NC(=O)NCc2ccco2)cc1. The molecule has 25 heavy (non-hydrogen) atoms. The summed E-state index contributed by atoms with van der Waals surface area (Å²) in [6.07, 6.45) is 3.02. The van der Waals surface area contributed by atoms with E-state index in [1.807, 2.05) is 0 Å². The van der Waals surface area contributed by atoms with Crippen molar-refractivity contribution in [2.45, 2.75) is 13.5 Å². The van der Waals surface area contributed by atoms with Gasteiger partial charge in [-0.2, -0.15) is 0 Å². The molecule has 0 bridgehead atoms. The molecule has 7 nitrogen and oxygen atoms in total. The predicted octanol–water partition coefficient (Wildman–Crippen LogP) is 3.76. The number of urea groups is 1. The van der Waals surface area contributed by atoms with Crippen molar-refractivity contribution < 1.29 is 18.4 Å². The van der Waals surface area contributed by atoms with Gasteiger partial charge in [0.1, 0.15) is 11.5 Å². The second kappa shape index (κ2) is 7.39. The first kappa shape index (κ1) is 16.4. The Labute approximate surface area is 144 Å². The van der Waals surface area contributed by atoms with Crippen molar-refractivity contribution in [3.63, 3.8) is 0 Å². The molecule has 3 N–H and O–H groups in total. The van der Waals surface area contributed by atoms with Crippen LogP contribution in [0, 0.1) is 6.92 Å². The van der Waals surface area contributed by atoms with Crippen LogP contribution in [0.1, 0.15) is 21.9 Å². The molecule has 0 aliphatic heterocycles. The van der Waals surface area contributed by atoms with Crippen molar-refractivity contribution in [1.29, 1.82) is 0 Å². The molecule has 7 heteroatoms. The van der Waals surface area contributed by atoms with Crippen LogP contribution in [0.25, 0.3) is 0 Å². The predicted molar refractivity (Wildman–Crippen MR) is 92.4 cm³/mol. The summed E-state index contributed by atoms with van der Waals surface area (Å²) < 4.78 is 10.3. The lowest BCUT2D eigenvalue weighted by atomic mass is 10.2. The van der Waals surface area contributed by atoms with Crippen molar-refractivity contribution >= 4 is 23.3 Å². The van der Waals surface area contributed by atoms with E-state index >= 15 is 0 Å². The molecular weight excluding hydrogens is 322 g/mol. The summed E-state index contributed by atoms with van der Waals surface area (Å²) in [5, 5.41) is 8.15. The van der Waals surface area contributed by atoms with E-state index in [9.17, 15) is 9.59 Å². The highest BCUT2D eigenvalue weighted by molar-refractivity contribution is 6.05. The van der Waals surface area contributed by atoms with Gasteiger partial charge in [0, 0.05) is 11.4 Å². The van der Waals surface area contributed by atoms with Crippen LogP contribution < -0.4 is 16.0 Å². The van der Waals surface area contributed by atoms with E-state index in [0.717, 1.165) is 0 Å². The number of rotatable bonds is 5. The standard InChI is InChI=1S/C18H17N3O4/c1-12-16(8-10-24-12)17(22)20-13-4-6-14(7-5-13)21-18(23)19-11-15-3-2-9-25-15/h2-10H,11H2,1H3,(H,20,22)(H2,19,21,23). The smallest absolute Gasteiger partial charge is 0.319 e. The molecule has 1 aromatic carbocycles. The van der Waals surface area contributed by atoms with Crippen molar-refractivity contribution in [2.24, 2.45) is 0 Å². The van der Waals surface area contributed by atoms with E-state index in [2.05, 4.69) is 16.0 Å². The Morgan fingerprint density at radius 1 is 0.920 bits per heavy atom. The normalized spacial score (nSPS) is 10.3. The Balaban J connectivity index is 1.52. The number of hydrogen-bond acceptors (Lipinski definition) is 4. The maximum atomic E-state index is 12.1. The van der Waals surface area contributed by atoms with Gasteiger partial charge < -0.3 is 24.8 Å². The zero-order valence-electron chi connectivity index (χ0n) is 13.5. The largest absolute Gasteiger partial charge is 0.469 e. The first-order valence-electron chi connectivity index (χ1n) is 7.64. The monoisotopic (exact) mass is 339 g/mol. The summed E-state index contributed by atoms with van der Waals surface area (Å²) >= 11 is 0. The highest BCUT2D eigenvalue weighted by Crippen LogP contribution is 2.16. The summed E-state index contributed by atoms with van der Waals surface area (Å²) in [5.74, 6) is 0.981. The number of benzene rings is 1. The number of carbonyl (C=O) groups is 2. The topological polar surface area (TPSA) is 96.5 Å². The molecule has 0 aliphatic carbocycles. The third-order valence-electron chi connectivity index (χ3n) is 3.51. The average Bonchev–Trinajstić information content (AvgIpc) is 3.26. The molecule has 3 aromatic rings. The highest BCUT2D eigenvalue weighted by Gasteiger charge is 2.11. The molecule has 0 radical (unpaired) electrons. The second-order valence-corrected chi connectivity index (χ2v) is 5.31. The minimum absolute atomic E-state index is 0.247. The third kappa shape index (κ3) is 4.29. The van der Waals surface area contributed by atoms with E-state index in [0.29, 0.717) is 35.0 Å². The van der Waals surface area contributed by atoms with Gasteiger partial charge in [-0.1, -0.05) is 0 Å². The van der Waals surface area contributed by atoms with E-state index < -0.39 is 0 Å². The molecule has 128 valence electrons. The van der Waals surface area contributed by atoms with Gasteiger partial charge in [0.25, 0.3) is 5.91 Å². The number of furan rings is 2. The zero-order chi connectivity index (χ0) is 17.6. The number of anilines is 2. The fraction of sp³-hybridized carbons (Fsp3) is 0.111. The van der Waals surface area contributed by atoms with Gasteiger partial charge in [0.2, 0.25) is 0 Å². The van der Waals surface area contributed by atoms with Crippen molar-refractivity contribution in [2.75, 3.05) is 10.6 Å². The van der Waals surface area contributed by atoms with Crippen LogP contribution in [0.4, 0.5) is 16.2 Å². The fourth-order valence-electron chi connectivity index (χ4n) is 2.21.